The van der Waals surface area contributed by atoms with Gasteiger partial charge in [-0.05, 0) is 48.9 Å². The summed E-state index contributed by atoms with van der Waals surface area (Å²) < 4.78 is 28.0. The summed E-state index contributed by atoms with van der Waals surface area (Å²) >= 11 is 9.18. The third kappa shape index (κ3) is 3.26. The van der Waals surface area contributed by atoms with Crippen LogP contribution in [0.2, 0.25) is 5.02 Å². The Bertz CT molecular complexity index is 763. The van der Waals surface area contributed by atoms with Crippen molar-refractivity contribution in [2.45, 2.75) is 11.8 Å². The molecule has 0 aromatic heterocycles. The van der Waals surface area contributed by atoms with Crippen LogP contribution in [0, 0.1) is 6.92 Å². The maximum absolute atomic E-state index is 12.3. The molecule has 0 bridgehead atoms. The largest absolute Gasteiger partial charge is 0.398 e. The number of anilines is 2. The van der Waals surface area contributed by atoms with E-state index in [1.165, 1.54) is 18.2 Å². The molecule has 0 saturated carbocycles. The zero-order valence-corrected chi connectivity index (χ0v) is 13.7. The fourth-order valence-electron chi connectivity index (χ4n) is 1.62. The number of halogens is 2. The molecule has 0 heterocycles. The van der Waals surface area contributed by atoms with Crippen molar-refractivity contribution in [3.05, 3.63) is 51.5 Å². The quantitative estimate of drug-likeness (QED) is 0.802. The Morgan fingerprint density at radius 1 is 1.20 bits per heavy atom. The zero-order chi connectivity index (χ0) is 14.9. The molecule has 0 amide bonds. The van der Waals surface area contributed by atoms with Gasteiger partial charge in [0, 0.05) is 4.47 Å². The summed E-state index contributed by atoms with van der Waals surface area (Å²) in [5.74, 6) is 0. The van der Waals surface area contributed by atoms with Gasteiger partial charge in [0.2, 0.25) is 0 Å². The molecule has 0 aliphatic carbocycles. The lowest BCUT2D eigenvalue weighted by molar-refractivity contribution is 0.601. The SMILES string of the molecule is Cc1cc(Br)ccc1NS(=O)(=O)c1ccc(N)c(Cl)c1. The molecule has 3 N–H and O–H groups in total. The van der Waals surface area contributed by atoms with Crippen molar-refractivity contribution in [2.24, 2.45) is 0 Å². The van der Waals surface area contributed by atoms with Crippen LogP contribution in [-0.4, -0.2) is 8.42 Å². The maximum atomic E-state index is 12.3. The second-order valence-electron chi connectivity index (χ2n) is 4.25. The van der Waals surface area contributed by atoms with Crippen LogP contribution in [0.1, 0.15) is 5.56 Å². The average Bonchev–Trinajstić information content (AvgIpc) is 2.36. The highest BCUT2D eigenvalue weighted by Crippen LogP contribution is 2.26. The third-order valence-corrected chi connectivity index (χ3v) is 4.90. The zero-order valence-electron chi connectivity index (χ0n) is 10.5. The summed E-state index contributed by atoms with van der Waals surface area (Å²) in [7, 11) is -3.69. The van der Waals surface area contributed by atoms with Crippen LogP contribution in [0.4, 0.5) is 11.4 Å². The number of benzene rings is 2. The molecule has 4 nitrogen and oxygen atoms in total. The van der Waals surface area contributed by atoms with Gasteiger partial charge in [-0.15, -0.1) is 0 Å². The standard InChI is InChI=1S/C13H12BrClN2O2S/c1-8-6-9(14)2-5-13(8)17-20(18,19)10-3-4-12(16)11(15)7-10/h2-7,17H,16H2,1H3. The van der Waals surface area contributed by atoms with Gasteiger partial charge < -0.3 is 5.73 Å². The van der Waals surface area contributed by atoms with Gasteiger partial charge in [-0.1, -0.05) is 27.5 Å². The van der Waals surface area contributed by atoms with E-state index in [-0.39, 0.29) is 9.92 Å². The molecule has 0 atom stereocenters. The molecule has 0 aliphatic heterocycles. The summed E-state index contributed by atoms with van der Waals surface area (Å²) in [4.78, 5) is 0.0685. The van der Waals surface area contributed by atoms with Crippen molar-refractivity contribution in [3.8, 4) is 0 Å². The van der Waals surface area contributed by atoms with E-state index in [2.05, 4.69) is 20.7 Å². The molecule has 7 heteroatoms. The van der Waals surface area contributed by atoms with Gasteiger partial charge in [-0.3, -0.25) is 4.72 Å². The summed E-state index contributed by atoms with van der Waals surface area (Å²) in [6, 6.07) is 9.49. The topological polar surface area (TPSA) is 72.2 Å². The van der Waals surface area contributed by atoms with Crippen LogP contribution in [0.15, 0.2) is 45.8 Å². The van der Waals surface area contributed by atoms with Gasteiger partial charge in [-0.25, -0.2) is 8.42 Å². The van der Waals surface area contributed by atoms with E-state index in [1.807, 2.05) is 13.0 Å². The second-order valence-corrected chi connectivity index (χ2v) is 7.25. The Labute approximate surface area is 131 Å². The lowest BCUT2D eigenvalue weighted by Gasteiger charge is -2.11. The normalized spacial score (nSPS) is 11.3. The van der Waals surface area contributed by atoms with E-state index < -0.39 is 10.0 Å². The van der Waals surface area contributed by atoms with Gasteiger partial charge in [0.1, 0.15) is 0 Å². The fraction of sp³-hybridized carbons (Fsp3) is 0.0769. The Balaban J connectivity index is 2.38. The first-order valence-electron chi connectivity index (χ1n) is 5.63. The maximum Gasteiger partial charge on any atom is 0.261 e. The van der Waals surface area contributed by atoms with Crippen LogP contribution >= 0.6 is 27.5 Å². The molecule has 2 aromatic rings. The highest BCUT2D eigenvalue weighted by atomic mass is 79.9. The van der Waals surface area contributed by atoms with E-state index in [0.717, 1.165) is 10.0 Å². The summed E-state index contributed by atoms with van der Waals surface area (Å²) in [6.07, 6.45) is 0. The first kappa shape index (κ1) is 15.2. The number of sulfonamides is 1. The molecule has 20 heavy (non-hydrogen) atoms. The van der Waals surface area contributed by atoms with Gasteiger partial charge in [0.25, 0.3) is 10.0 Å². The summed E-state index contributed by atoms with van der Waals surface area (Å²) in [5, 5.41) is 0.209. The Hall–Kier alpha value is -1.24. The number of aryl methyl sites for hydroxylation is 1. The van der Waals surface area contributed by atoms with Crippen molar-refractivity contribution in [3.63, 3.8) is 0 Å². The van der Waals surface area contributed by atoms with Crippen LogP contribution < -0.4 is 10.5 Å². The number of rotatable bonds is 3. The molecule has 0 fully saturated rings. The number of nitrogen functional groups attached to an aromatic ring is 1. The summed E-state index contributed by atoms with van der Waals surface area (Å²) in [6.45, 7) is 1.82. The number of hydrogen-bond acceptors (Lipinski definition) is 3. The van der Waals surface area contributed by atoms with Crippen LogP contribution in [0.3, 0.4) is 0 Å². The minimum atomic E-state index is -3.69. The molecule has 0 radical (unpaired) electrons. The molecule has 0 saturated heterocycles. The molecule has 0 spiro atoms. The molecule has 2 aromatic carbocycles. The predicted octanol–water partition coefficient (Wildman–Crippen LogP) is 3.79. The fourth-order valence-corrected chi connectivity index (χ4v) is 3.50. The van der Waals surface area contributed by atoms with Crippen LogP contribution in [0.5, 0.6) is 0 Å². The average molecular weight is 376 g/mol. The first-order valence-corrected chi connectivity index (χ1v) is 8.29. The van der Waals surface area contributed by atoms with Crippen molar-refractivity contribution in [1.82, 2.24) is 0 Å². The van der Waals surface area contributed by atoms with Gasteiger partial charge >= 0.3 is 0 Å². The highest BCUT2D eigenvalue weighted by molar-refractivity contribution is 9.10. The molecule has 0 aliphatic rings. The Morgan fingerprint density at radius 3 is 2.50 bits per heavy atom. The predicted molar refractivity (Wildman–Crippen MR) is 85.6 cm³/mol. The Kier molecular flexibility index (Phi) is 4.27. The van der Waals surface area contributed by atoms with E-state index in [1.54, 1.807) is 12.1 Å². The third-order valence-electron chi connectivity index (χ3n) is 2.71. The van der Waals surface area contributed by atoms with Crippen molar-refractivity contribution < 1.29 is 8.42 Å². The van der Waals surface area contributed by atoms with Crippen LogP contribution in [0.25, 0.3) is 0 Å². The minimum Gasteiger partial charge on any atom is -0.398 e. The number of nitrogens with one attached hydrogen (secondary N) is 1. The van der Waals surface area contributed by atoms with E-state index in [0.29, 0.717) is 11.4 Å². The van der Waals surface area contributed by atoms with Crippen molar-refractivity contribution in [2.75, 3.05) is 10.5 Å². The van der Waals surface area contributed by atoms with Crippen molar-refractivity contribution in [1.29, 1.82) is 0 Å². The minimum absolute atomic E-state index is 0.0685. The molecule has 0 unspecified atom stereocenters. The smallest absolute Gasteiger partial charge is 0.261 e. The molecule has 2 rings (SSSR count). The molecular formula is C13H12BrClN2O2S. The highest BCUT2D eigenvalue weighted by Gasteiger charge is 2.16. The van der Waals surface area contributed by atoms with Gasteiger partial charge in [0.15, 0.2) is 0 Å². The van der Waals surface area contributed by atoms with Gasteiger partial charge in [0.05, 0.1) is 21.3 Å². The lowest BCUT2D eigenvalue weighted by Crippen LogP contribution is -2.13. The van der Waals surface area contributed by atoms with E-state index >= 15 is 0 Å². The van der Waals surface area contributed by atoms with E-state index in [4.69, 9.17) is 17.3 Å². The van der Waals surface area contributed by atoms with Crippen LogP contribution in [-0.2, 0) is 10.0 Å². The summed E-state index contributed by atoms with van der Waals surface area (Å²) in [5.41, 5.74) is 7.24. The van der Waals surface area contributed by atoms with Gasteiger partial charge in [-0.2, -0.15) is 0 Å². The monoisotopic (exact) mass is 374 g/mol. The number of hydrogen-bond donors (Lipinski definition) is 2. The Morgan fingerprint density at radius 2 is 1.90 bits per heavy atom. The first-order chi connectivity index (χ1) is 9.29. The molecular weight excluding hydrogens is 364 g/mol. The second kappa shape index (κ2) is 5.63. The number of nitrogens with two attached hydrogens (primary N) is 1. The lowest BCUT2D eigenvalue weighted by atomic mass is 10.2. The van der Waals surface area contributed by atoms with Crippen molar-refractivity contribution >= 4 is 48.9 Å². The molecule has 106 valence electrons. The van der Waals surface area contributed by atoms with E-state index in [9.17, 15) is 8.42 Å².